The van der Waals surface area contributed by atoms with Gasteiger partial charge in [0.05, 0.1) is 7.11 Å². The van der Waals surface area contributed by atoms with Crippen LogP contribution in [-0.4, -0.2) is 34.0 Å². The van der Waals surface area contributed by atoms with Crippen molar-refractivity contribution < 1.29 is 17.9 Å². The Kier molecular flexibility index (Phi) is 7.50. The summed E-state index contributed by atoms with van der Waals surface area (Å²) in [5.41, 5.74) is 1.11. The molecule has 1 aliphatic carbocycles. The van der Waals surface area contributed by atoms with Gasteiger partial charge in [-0.2, -0.15) is 0 Å². The highest BCUT2D eigenvalue weighted by Gasteiger charge is 2.27. The molecular formula is C23H30N2O4S. The van der Waals surface area contributed by atoms with Crippen LogP contribution < -0.4 is 14.4 Å². The van der Waals surface area contributed by atoms with Crippen LogP contribution in [0.3, 0.4) is 0 Å². The molecule has 2 aromatic rings. The second kappa shape index (κ2) is 10.1. The van der Waals surface area contributed by atoms with E-state index in [1.54, 1.807) is 17.0 Å². The van der Waals surface area contributed by atoms with Crippen molar-refractivity contribution >= 4 is 21.6 Å². The van der Waals surface area contributed by atoms with E-state index in [9.17, 15) is 13.2 Å². The van der Waals surface area contributed by atoms with Crippen LogP contribution in [0.2, 0.25) is 0 Å². The fourth-order valence-electron chi connectivity index (χ4n) is 3.77. The number of ether oxygens (including phenoxy) is 1. The first-order chi connectivity index (χ1) is 14.5. The lowest BCUT2D eigenvalue weighted by atomic mass is 10.1. The molecule has 0 unspecified atom stereocenters. The number of carbonyl (C=O) groups excluding carboxylic acids is 1. The van der Waals surface area contributed by atoms with Crippen molar-refractivity contribution in [3.63, 3.8) is 0 Å². The molecule has 1 N–H and O–H groups in total. The zero-order valence-corrected chi connectivity index (χ0v) is 18.5. The highest BCUT2D eigenvalue weighted by Crippen LogP contribution is 2.28. The first-order valence-electron chi connectivity index (χ1n) is 10.5. The Hall–Kier alpha value is -2.38. The van der Waals surface area contributed by atoms with E-state index in [0.29, 0.717) is 12.1 Å². The Labute approximate surface area is 179 Å². The molecule has 162 valence electrons. The molecule has 1 fully saturated rings. The van der Waals surface area contributed by atoms with Crippen molar-refractivity contribution in [3.8, 4) is 5.75 Å². The number of nitrogens with zero attached hydrogens (tertiary/aromatic N) is 1. The van der Waals surface area contributed by atoms with E-state index in [4.69, 9.17) is 4.74 Å². The average Bonchev–Trinajstić information content (AvgIpc) is 3.26. The van der Waals surface area contributed by atoms with Crippen molar-refractivity contribution in [2.45, 2.75) is 56.4 Å². The third-order valence-corrected chi connectivity index (χ3v) is 6.97. The SMILES string of the molecule is CCCCN(C(=O)c1ccc(OC)c(S(=O)(=O)NC2CCCC2)c1)c1ccccc1. The summed E-state index contributed by atoms with van der Waals surface area (Å²) in [5.74, 6) is 0.00601. The minimum atomic E-state index is -3.80. The number of nitrogens with one attached hydrogen (secondary N) is 1. The molecule has 0 aromatic heterocycles. The number of unbranched alkanes of at least 4 members (excludes halogenated alkanes) is 1. The Morgan fingerprint density at radius 3 is 2.47 bits per heavy atom. The van der Waals surface area contributed by atoms with E-state index in [-0.39, 0.29) is 22.6 Å². The number of benzene rings is 2. The van der Waals surface area contributed by atoms with E-state index in [0.717, 1.165) is 44.2 Å². The number of carbonyl (C=O) groups is 1. The number of para-hydroxylation sites is 1. The summed E-state index contributed by atoms with van der Waals surface area (Å²) in [7, 11) is -2.36. The maximum atomic E-state index is 13.3. The molecule has 30 heavy (non-hydrogen) atoms. The molecule has 0 spiro atoms. The van der Waals surface area contributed by atoms with Crippen LogP contribution in [0.5, 0.6) is 5.75 Å². The maximum Gasteiger partial charge on any atom is 0.258 e. The number of hydrogen-bond acceptors (Lipinski definition) is 4. The highest BCUT2D eigenvalue weighted by atomic mass is 32.2. The van der Waals surface area contributed by atoms with Gasteiger partial charge in [-0.1, -0.05) is 44.4 Å². The zero-order chi connectivity index (χ0) is 21.6. The molecule has 0 aliphatic heterocycles. The fourth-order valence-corrected chi connectivity index (χ4v) is 5.27. The highest BCUT2D eigenvalue weighted by molar-refractivity contribution is 7.89. The molecule has 0 heterocycles. The second-order valence-corrected chi connectivity index (χ2v) is 9.30. The fraction of sp³-hybridized carbons (Fsp3) is 0.435. The second-order valence-electron chi connectivity index (χ2n) is 7.61. The molecule has 6 nitrogen and oxygen atoms in total. The lowest BCUT2D eigenvalue weighted by Gasteiger charge is -2.23. The molecule has 7 heteroatoms. The minimum absolute atomic E-state index is 0.00579. The minimum Gasteiger partial charge on any atom is -0.495 e. The number of hydrogen-bond donors (Lipinski definition) is 1. The van der Waals surface area contributed by atoms with Gasteiger partial charge in [-0.05, 0) is 49.6 Å². The van der Waals surface area contributed by atoms with E-state index >= 15 is 0 Å². The van der Waals surface area contributed by atoms with Crippen LogP contribution in [0.1, 0.15) is 55.8 Å². The van der Waals surface area contributed by atoms with Crippen molar-refractivity contribution in [1.29, 1.82) is 0 Å². The quantitative estimate of drug-likeness (QED) is 0.641. The van der Waals surface area contributed by atoms with Gasteiger partial charge in [0, 0.05) is 23.8 Å². The Morgan fingerprint density at radius 1 is 1.13 bits per heavy atom. The lowest BCUT2D eigenvalue weighted by Crippen LogP contribution is -2.34. The van der Waals surface area contributed by atoms with E-state index in [1.165, 1.54) is 13.2 Å². The van der Waals surface area contributed by atoms with Gasteiger partial charge in [0.15, 0.2) is 0 Å². The molecule has 1 aliphatic rings. The number of rotatable bonds is 9. The van der Waals surface area contributed by atoms with Crippen LogP contribution in [0.15, 0.2) is 53.4 Å². The van der Waals surface area contributed by atoms with Crippen molar-refractivity contribution in [1.82, 2.24) is 4.72 Å². The summed E-state index contributed by atoms with van der Waals surface area (Å²) in [6, 6.07) is 14.0. The molecular weight excluding hydrogens is 400 g/mol. The topological polar surface area (TPSA) is 75.7 Å². The summed E-state index contributed by atoms with van der Waals surface area (Å²) in [5, 5.41) is 0. The number of sulfonamides is 1. The number of anilines is 1. The maximum absolute atomic E-state index is 13.3. The van der Waals surface area contributed by atoms with Gasteiger partial charge >= 0.3 is 0 Å². The van der Waals surface area contributed by atoms with Gasteiger partial charge < -0.3 is 9.64 Å². The van der Waals surface area contributed by atoms with Crippen molar-refractivity contribution in [2.75, 3.05) is 18.6 Å². The summed E-state index contributed by atoms with van der Waals surface area (Å²) in [4.78, 5) is 15.1. The lowest BCUT2D eigenvalue weighted by molar-refractivity contribution is 0.0986. The third kappa shape index (κ3) is 5.21. The van der Waals surface area contributed by atoms with Gasteiger partial charge in [0.1, 0.15) is 10.6 Å². The van der Waals surface area contributed by atoms with Gasteiger partial charge in [-0.15, -0.1) is 0 Å². The first kappa shape index (κ1) is 22.3. The van der Waals surface area contributed by atoms with Gasteiger partial charge in [0.25, 0.3) is 5.91 Å². The first-order valence-corrected chi connectivity index (χ1v) is 12.0. The van der Waals surface area contributed by atoms with Crippen molar-refractivity contribution in [3.05, 3.63) is 54.1 Å². The number of methoxy groups -OCH3 is 1. The zero-order valence-electron chi connectivity index (χ0n) is 17.6. The van der Waals surface area contributed by atoms with E-state index in [2.05, 4.69) is 11.6 Å². The molecule has 1 amide bonds. The summed E-state index contributed by atoms with van der Waals surface area (Å²) < 4.78 is 34.1. The monoisotopic (exact) mass is 430 g/mol. The van der Waals surface area contributed by atoms with Gasteiger partial charge in [0.2, 0.25) is 10.0 Å². The normalized spacial score (nSPS) is 14.6. The molecule has 2 aromatic carbocycles. The van der Waals surface area contributed by atoms with Crippen LogP contribution in [0.25, 0.3) is 0 Å². The Balaban J connectivity index is 1.94. The molecule has 0 saturated heterocycles. The molecule has 0 radical (unpaired) electrons. The van der Waals surface area contributed by atoms with Crippen molar-refractivity contribution in [2.24, 2.45) is 0 Å². The van der Waals surface area contributed by atoms with Gasteiger partial charge in [-0.25, -0.2) is 13.1 Å². The Morgan fingerprint density at radius 2 is 1.83 bits per heavy atom. The standard InChI is InChI=1S/C23H30N2O4S/c1-3-4-16-25(20-12-6-5-7-13-20)23(26)18-14-15-21(29-2)22(17-18)30(27,28)24-19-10-8-9-11-19/h5-7,12-15,17,19,24H,3-4,8-11,16H2,1-2H3. The number of amides is 1. The molecule has 0 bridgehead atoms. The average molecular weight is 431 g/mol. The smallest absolute Gasteiger partial charge is 0.258 e. The Bertz CT molecular complexity index is 954. The largest absolute Gasteiger partial charge is 0.495 e. The van der Waals surface area contributed by atoms with E-state index in [1.807, 2.05) is 30.3 Å². The predicted molar refractivity (Wildman–Crippen MR) is 119 cm³/mol. The van der Waals surface area contributed by atoms with Crippen LogP contribution in [-0.2, 0) is 10.0 Å². The molecule has 1 saturated carbocycles. The van der Waals surface area contributed by atoms with Gasteiger partial charge in [-0.3, -0.25) is 4.79 Å². The summed E-state index contributed by atoms with van der Waals surface area (Å²) in [6.07, 6.45) is 5.51. The third-order valence-electron chi connectivity index (χ3n) is 5.43. The summed E-state index contributed by atoms with van der Waals surface area (Å²) >= 11 is 0. The van der Waals surface area contributed by atoms with Crippen LogP contribution >= 0.6 is 0 Å². The molecule has 3 rings (SSSR count). The van der Waals surface area contributed by atoms with E-state index < -0.39 is 10.0 Å². The predicted octanol–water partition coefficient (Wildman–Crippen LogP) is 4.36. The van der Waals surface area contributed by atoms with Crippen LogP contribution in [0, 0.1) is 0 Å². The molecule has 0 atom stereocenters. The summed E-state index contributed by atoms with van der Waals surface area (Å²) in [6.45, 7) is 2.63. The van der Waals surface area contributed by atoms with Crippen LogP contribution in [0.4, 0.5) is 5.69 Å².